The van der Waals surface area contributed by atoms with Gasteiger partial charge in [-0.15, -0.1) is 0 Å². The van der Waals surface area contributed by atoms with Crippen LogP contribution in [0, 0.1) is 41.3 Å². The number of aliphatic hydroxyl groups is 1. The van der Waals surface area contributed by atoms with Gasteiger partial charge in [0.05, 0.1) is 13.2 Å². The second-order valence-corrected chi connectivity index (χ2v) is 1.14. The number of ether oxygens (including phenoxy) is 1. The summed E-state index contributed by atoms with van der Waals surface area (Å²) < 4.78 is 4.61. The molecule has 1 unspecified atom stereocenters. The van der Waals surface area contributed by atoms with E-state index in [2.05, 4.69) is 4.74 Å². The third-order valence-electron chi connectivity index (χ3n) is 0.606. The van der Waals surface area contributed by atoms with Crippen LogP contribution in [0.25, 0.3) is 0 Å². The second kappa shape index (κ2) is 3.31. The number of epoxide rings is 1. The van der Waals surface area contributed by atoms with Crippen molar-refractivity contribution in [3.05, 3.63) is 0 Å². The minimum absolute atomic E-state index is 0. The number of hydrogen-bond donors (Lipinski definition) is 1. The number of rotatable bonds is 1. The van der Waals surface area contributed by atoms with E-state index in [4.69, 9.17) is 5.11 Å². The van der Waals surface area contributed by atoms with Gasteiger partial charge in [-0.3, -0.25) is 0 Å². The van der Waals surface area contributed by atoms with Crippen molar-refractivity contribution in [2.75, 3.05) is 13.2 Å². The Hall–Kier alpha value is 1.28. The minimum atomic E-state index is 0. The quantitative estimate of drug-likeness (QED) is 0.591. The van der Waals surface area contributed by atoms with Crippen molar-refractivity contribution >= 4 is 0 Å². The molecule has 3 heteroatoms. The van der Waals surface area contributed by atoms with Crippen molar-refractivity contribution in [3.63, 3.8) is 0 Å². The summed E-state index contributed by atoms with van der Waals surface area (Å²) >= 11 is 0. The first-order chi connectivity index (χ1) is 2.43. The van der Waals surface area contributed by atoms with Crippen LogP contribution in [0.2, 0.25) is 0 Å². The van der Waals surface area contributed by atoms with Gasteiger partial charge in [-0.1, -0.05) is 0 Å². The van der Waals surface area contributed by atoms with E-state index in [9.17, 15) is 0 Å². The van der Waals surface area contributed by atoms with E-state index in [1.54, 1.807) is 0 Å². The van der Waals surface area contributed by atoms with Crippen molar-refractivity contribution in [1.29, 1.82) is 0 Å². The molecule has 33 valence electrons. The maximum absolute atomic E-state index is 8.08. The molecule has 1 radical (unpaired) electrons. The molecule has 0 aromatic heterocycles. The summed E-state index contributed by atoms with van der Waals surface area (Å²) in [5.41, 5.74) is 0. The Balaban J connectivity index is 0.000000250. The van der Waals surface area contributed by atoms with Crippen LogP contribution in [0.3, 0.4) is 0 Å². The average molecular weight is 215 g/mol. The van der Waals surface area contributed by atoms with Gasteiger partial charge in [0.25, 0.3) is 0 Å². The van der Waals surface area contributed by atoms with Crippen molar-refractivity contribution in [2.24, 2.45) is 0 Å². The molecule has 0 aromatic rings. The molecule has 1 atom stereocenters. The van der Waals surface area contributed by atoms with Crippen LogP contribution in [0.15, 0.2) is 0 Å². The Morgan fingerprint density at radius 3 is 2.33 bits per heavy atom. The number of hydrogen-bond acceptors (Lipinski definition) is 2. The van der Waals surface area contributed by atoms with Crippen LogP contribution in [0.4, 0.5) is 0 Å². The van der Waals surface area contributed by atoms with Gasteiger partial charge in [0.15, 0.2) is 0 Å². The summed E-state index contributed by atoms with van der Waals surface area (Å²) in [5.74, 6) is 0. The summed E-state index contributed by atoms with van der Waals surface area (Å²) in [4.78, 5) is 0. The maximum atomic E-state index is 8.08. The SMILES string of the molecule is OCC1CO1.[Pr]. The molecular weight excluding hydrogens is 209 g/mol. The Bertz CT molecular complexity index is 35.8. The van der Waals surface area contributed by atoms with E-state index in [1.165, 1.54) is 0 Å². The van der Waals surface area contributed by atoms with Gasteiger partial charge in [0, 0.05) is 41.3 Å². The molecule has 1 rings (SSSR count). The Morgan fingerprint density at radius 1 is 1.83 bits per heavy atom. The van der Waals surface area contributed by atoms with Gasteiger partial charge in [0.1, 0.15) is 6.10 Å². The van der Waals surface area contributed by atoms with Gasteiger partial charge in [-0.2, -0.15) is 0 Å². The fourth-order valence-corrected chi connectivity index (χ4v) is 0.173. The van der Waals surface area contributed by atoms with Gasteiger partial charge < -0.3 is 9.84 Å². The molecule has 1 saturated heterocycles. The first kappa shape index (κ1) is 7.28. The molecule has 0 amide bonds. The third-order valence-corrected chi connectivity index (χ3v) is 0.606. The second-order valence-electron chi connectivity index (χ2n) is 1.14. The first-order valence-electron chi connectivity index (χ1n) is 1.66. The van der Waals surface area contributed by atoms with Crippen molar-refractivity contribution in [1.82, 2.24) is 0 Å². The number of aliphatic hydroxyl groups excluding tert-OH is 1. The first-order valence-corrected chi connectivity index (χ1v) is 1.66. The molecule has 1 aliphatic heterocycles. The molecule has 0 aromatic carbocycles. The van der Waals surface area contributed by atoms with Crippen LogP contribution in [0.1, 0.15) is 0 Å². The van der Waals surface area contributed by atoms with Crippen LogP contribution in [-0.4, -0.2) is 24.4 Å². The van der Waals surface area contributed by atoms with Crippen LogP contribution >= 0.6 is 0 Å². The standard InChI is InChI=1S/C3H6O2.Pr/c4-1-3-2-5-3;/h3-4H,1-2H2;. The predicted octanol–water partition coefficient (Wildman–Crippen LogP) is -0.623. The molecule has 1 fully saturated rings. The van der Waals surface area contributed by atoms with Crippen molar-refractivity contribution in [2.45, 2.75) is 6.10 Å². The molecule has 0 bridgehead atoms. The van der Waals surface area contributed by atoms with E-state index in [-0.39, 0.29) is 54.0 Å². The molecule has 1 heterocycles. The summed E-state index contributed by atoms with van der Waals surface area (Å²) in [6.45, 7) is 0.955. The topological polar surface area (TPSA) is 32.8 Å². The fraction of sp³-hybridized carbons (Fsp3) is 1.00. The van der Waals surface area contributed by atoms with E-state index in [0.717, 1.165) is 6.61 Å². The largest absolute Gasteiger partial charge is 0.394 e. The van der Waals surface area contributed by atoms with Gasteiger partial charge in [-0.05, 0) is 0 Å². The van der Waals surface area contributed by atoms with E-state index >= 15 is 0 Å². The van der Waals surface area contributed by atoms with E-state index < -0.39 is 0 Å². The molecule has 6 heavy (non-hydrogen) atoms. The molecule has 0 aliphatic carbocycles. The average Bonchev–Trinajstić information content (AvgIpc) is 2.12. The normalized spacial score (nSPS) is 28.5. The Morgan fingerprint density at radius 2 is 2.33 bits per heavy atom. The van der Waals surface area contributed by atoms with Gasteiger partial charge in [-0.25, -0.2) is 0 Å². The summed E-state index contributed by atoms with van der Waals surface area (Å²) in [5, 5.41) is 8.08. The molecule has 1 N–H and O–H groups in total. The zero-order chi connectivity index (χ0) is 3.70. The third kappa shape index (κ3) is 2.46. The zero-order valence-corrected chi connectivity index (χ0v) is 7.13. The monoisotopic (exact) mass is 215 g/mol. The fourth-order valence-electron chi connectivity index (χ4n) is 0.173. The maximum Gasteiger partial charge on any atom is 0.104 e. The smallest absolute Gasteiger partial charge is 0.104 e. The van der Waals surface area contributed by atoms with E-state index in [1.807, 2.05) is 0 Å². The Labute approximate surface area is 69.8 Å². The van der Waals surface area contributed by atoms with Gasteiger partial charge in [0.2, 0.25) is 0 Å². The van der Waals surface area contributed by atoms with Crippen molar-refractivity contribution in [3.8, 4) is 0 Å². The van der Waals surface area contributed by atoms with Crippen molar-refractivity contribution < 1.29 is 51.1 Å². The Kier molecular flexibility index (Phi) is 4.01. The molecular formula is C3H6O2Pr. The molecule has 0 spiro atoms. The molecule has 1 aliphatic rings. The van der Waals surface area contributed by atoms with Gasteiger partial charge >= 0.3 is 0 Å². The summed E-state index contributed by atoms with van der Waals surface area (Å²) in [6, 6.07) is 0. The predicted molar refractivity (Wildman–Crippen MR) is 16.8 cm³/mol. The zero-order valence-electron chi connectivity index (χ0n) is 3.42. The molecule has 2 nitrogen and oxygen atoms in total. The summed E-state index contributed by atoms with van der Waals surface area (Å²) in [6.07, 6.45) is 0.190. The van der Waals surface area contributed by atoms with Crippen LogP contribution < -0.4 is 0 Å². The van der Waals surface area contributed by atoms with Crippen LogP contribution in [-0.2, 0) is 4.74 Å². The van der Waals surface area contributed by atoms with E-state index in [0.29, 0.717) is 0 Å². The summed E-state index contributed by atoms with van der Waals surface area (Å²) in [7, 11) is 0. The minimum Gasteiger partial charge on any atom is -0.394 e. The van der Waals surface area contributed by atoms with Crippen LogP contribution in [0.5, 0.6) is 0 Å². The molecule has 0 saturated carbocycles.